The smallest absolute Gasteiger partial charge is 0.203 e. The lowest BCUT2D eigenvalue weighted by molar-refractivity contribution is 0.289. The predicted octanol–water partition coefficient (Wildman–Crippen LogP) is 4.63. The third-order valence-corrected chi connectivity index (χ3v) is 3.97. The van der Waals surface area contributed by atoms with Crippen LogP contribution in [-0.2, 0) is 0 Å². The number of hydrazone groups is 1. The first-order valence-corrected chi connectivity index (χ1v) is 8.37. The zero-order chi connectivity index (χ0) is 15.9. The molecule has 0 aliphatic heterocycles. The minimum atomic E-state index is 0.636. The van der Waals surface area contributed by atoms with Gasteiger partial charge in [-0.1, -0.05) is 25.5 Å². The molecule has 0 amide bonds. The van der Waals surface area contributed by atoms with Crippen molar-refractivity contribution in [1.29, 1.82) is 0 Å². The predicted molar refractivity (Wildman–Crippen MR) is 94.2 cm³/mol. The standard InChI is InChI=1S/C17H23N3OS/c1-12(2)7-8-21-16-6-5-13(3)9-15(16)10-18-20-17-19-14(4)11-22-17/h5-6,9-12H,7-8H2,1-4H3,(H,19,20). The fraction of sp³-hybridized carbons (Fsp3) is 0.412. The van der Waals surface area contributed by atoms with Crippen LogP contribution in [0.1, 0.15) is 37.1 Å². The van der Waals surface area contributed by atoms with E-state index in [4.69, 9.17) is 4.74 Å². The monoisotopic (exact) mass is 317 g/mol. The first kappa shape index (κ1) is 16.5. The maximum atomic E-state index is 5.88. The highest BCUT2D eigenvalue weighted by Gasteiger charge is 2.03. The Hall–Kier alpha value is -1.88. The summed E-state index contributed by atoms with van der Waals surface area (Å²) < 4.78 is 5.88. The third kappa shape index (κ3) is 5.15. The van der Waals surface area contributed by atoms with Crippen LogP contribution in [0.3, 0.4) is 0 Å². The summed E-state index contributed by atoms with van der Waals surface area (Å²) in [7, 11) is 0. The van der Waals surface area contributed by atoms with E-state index in [-0.39, 0.29) is 0 Å². The molecule has 0 spiro atoms. The third-order valence-electron chi connectivity index (χ3n) is 3.10. The van der Waals surface area contributed by atoms with E-state index in [1.54, 1.807) is 17.6 Å². The number of ether oxygens (including phenoxy) is 1. The molecular formula is C17H23N3OS. The van der Waals surface area contributed by atoms with Crippen LogP contribution in [0.5, 0.6) is 5.75 Å². The Balaban J connectivity index is 2.02. The SMILES string of the molecule is Cc1ccc(OCCC(C)C)c(C=NNc2nc(C)cs2)c1. The molecule has 4 nitrogen and oxygen atoms in total. The highest BCUT2D eigenvalue weighted by Crippen LogP contribution is 2.20. The van der Waals surface area contributed by atoms with Crippen molar-refractivity contribution in [2.24, 2.45) is 11.0 Å². The summed E-state index contributed by atoms with van der Waals surface area (Å²) in [4.78, 5) is 4.31. The van der Waals surface area contributed by atoms with Gasteiger partial charge >= 0.3 is 0 Å². The van der Waals surface area contributed by atoms with Gasteiger partial charge < -0.3 is 4.74 Å². The number of nitrogens with one attached hydrogen (secondary N) is 1. The van der Waals surface area contributed by atoms with Gasteiger partial charge in [0.1, 0.15) is 5.75 Å². The molecule has 0 saturated carbocycles. The van der Waals surface area contributed by atoms with Crippen molar-refractivity contribution in [1.82, 2.24) is 4.98 Å². The van der Waals surface area contributed by atoms with Crippen LogP contribution in [0, 0.1) is 19.8 Å². The first-order valence-electron chi connectivity index (χ1n) is 7.49. The highest BCUT2D eigenvalue weighted by atomic mass is 32.1. The van der Waals surface area contributed by atoms with Crippen molar-refractivity contribution in [2.45, 2.75) is 34.1 Å². The van der Waals surface area contributed by atoms with E-state index in [1.165, 1.54) is 5.56 Å². The van der Waals surface area contributed by atoms with E-state index in [9.17, 15) is 0 Å². The molecule has 118 valence electrons. The van der Waals surface area contributed by atoms with Gasteiger partial charge in [-0.05, 0) is 38.3 Å². The summed E-state index contributed by atoms with van der Waals surface area (Å²) in [6.45, 7) is 9.14. The van der Waals surface area contributed by atoms with Gasteiger partial charge in [0, 0.05) is 10.9 Å². The summed E-state index contributed by atoms with van der Waals surface area (Å²) in [6, 6.07) is 6.13. The minimum Gasteiger partial charge on any atom is -0.493 e. The average Bonchev–Trinajstić information content (AvgIpc) is 2.86. The van der Waals surface area contributed by atoms with Crippen molar-refractivity contribution >= 4 is 22.7 Å². The average molecular weight is 317 g/mol. The molecule has 0 bridgehead atoms. The maximum absolute atomic E-state index is 5.88. The number of benzene rings is 1. The van der Waals surface area contributed by atoms with Crippen LogP contribution in [0.25, 0.3) is 0 Å². The molecule has 0 unspecified atom stereocenters. The lowest BCUT2D eigenvalue weighted by Gasteiger charge is -2.11. The molecule has 0 saturated heterocycles. The number of aryl methyl sites for hydroxylation is 2. The lowest BCUT2D eigenvalue weighted by atomic mass is 10.1. The Kier molecular flexibility index (Phi) is 5.95. The van der Waals surface area contributed by atoms with Crippen LogP contribution in [-0.4, -0.2) is 17.8 Å². The molecule has 2 rings (SSSR count). The van der Waals surface area contributed by atoms with E-state index in [1.807, 2.05) is 18.4 Å². The Morgan fingerprint density at radius 1 is 1.36 bits per heavy atom. The molecule has 5 heteroatoms. The Morgan fingerprint density at radius 2 is 2.18 bits per heavy atom. The molecule has 0 fully saturated rings. The molecule has 22 heavy (non-hydrogen) atoms. The highest BCUT2D eigenvalue weighted by molar-refractivity contribution is 7.13. The van der Waals surface area contributed by atoms with Gasteiger partial charge in [0.25, 0.3) is 0 Å². The maximum Gasteiger partial charge on any atom is 0.203 e. The van der Waals surface area contributed by atoms with Crippen molar-refractivity contribution in [3.8, 4) is 5.75 Å². The number of hydrogen-bond acceptors (Lipinski definition) is 5. The molecule has 0 atom stereocenters. The molecule has 0 aliphatic carbocycles. The van der Waals surface area contributed by atoms with E-state index < -0.39 is 0 Å². The van der Waals surface area contributed by atoms with E-state index in [0.717, 1.165) is 35.2 Å². The van der Waals surface area contributed by atoms with Crippen LogP contribution in [0.2, 0.25) is 0 Å². The largest absolute Gasteiger partial charge is 0.493 e. The second-order valence-electron chi connectivity index (χ2n) is 5.74. The number of anilines is 1. The van der Waals surface area contributed by atoms with E-state index in [0.29, 0.717) is 5.92 Å². The van der Waals surface area contributed by atoms with Crippen molar-refractivity contribution in [3.05, 3.63) is 40.4 Å². The molecule has 1 aromatic heterocycles. The molecule has 2 aromatic rings. The van der Waals surface area contributed by atoms with Gasteiger partial charge in [0.05, 0.1) is 18.5 Å². The zero-order valence-electron chi connectivity index (χ0n) is 13.6. The van der Waals surface area contributed by atoms with Crippen LogP contribution < -0.4 is 10.2 Å². The molecule has 1 heterocycles. The van der Waals surface area contributed by atoms with Gasteiger partial charge in [-0.25, -0.2) is 4.98 Å². The summed E-state index contributed by atoms with van der Waals surface area (Å²) in [5.74, 6) is 1.50. The number of nitrogens with zero attached hydrogens (tertiary/aromatic N) is 2. The topological polar surface area (TPSA) is 46.5 Å². The Bertz CT molecular complexity index is 635. The molecule has 0 radical (unpaired) electrons. The van der Waals surface area contributed by atoms with E-state index in [2.05, 4.69) is 48.4 Å². The molecule has 0 aliphatic rings. The Morgan fingerprint density at radius 3 is 2.86 bits per heavy atom. The summed E-state index contributed by atoms with van der Waals surface area (Å²) in [6.07, 6.45) is 2.83. The summed E-state index contributed by atoms with van der Waals surface area (Å²) >= 11 is 1.54. The first-order chi connectivity index (χ1) is 10.5. The van der Waals surface area contributed by atoms with Crippen molar-refractivity contribution < 1.29 is 4.74 Å². The summed E-state index contributed by atoms with van der Waals surface area (Å²) in [5, 5.41) is 7.05. The quantitative estimate of drug-likeness (QED) is 0.598. The van der Waals surface area contributed by atoms with Gasteiger partial charge in [0.15, 0.2) is 0 Å². The van der Waals surface area contributed by atoms with Gasteiger partial charge in [-0.3, -0.25) is 5.43 Å². The lowest BCUT2D eigenvalue weighted by Crippen LogP contribution is -2.03. The number of rotatable bonds is 7. The fourth-order valence-electron chi connectivity index (χ4n) is 1.87. The molecule has 1 aromatic carbocycles. The van der Waals surface area contributed by atoms with Gasteiger partial charge in [0.2, 0.25) is 5.13 Å². The Labute approximate surface area is 136 Å². The number of thiazole rings is 1. The van der Waals surface area contributed by atoms with E-state index >= 15 is 0 Å². The minimum absolute atomic E-state index is 0.636. The van der Waals surface area contributed by atoms with Crippen molar-refractivity contribution in [3.63, 3.8) is 0 Å². The number of aromatic nitrogens is 1. The fourth-order valence-corrected chi connectivity index (χ4v) is 2.50. The molecule has 1 N–H and O–H groups in total. The van der Waals surface area contributed by atoms with Crippen LogP contribution in [0.4, 0.5) is 5.13 Å². The van der Waals surface area contributed by atoms with Gasteiger partial charge in [-0.2, -0.15) is 5.10 Å². The van der Waals surface area contributed by atoms with Gasteiger partial charge in [-0.15, -0.1) is 11.3 Å². The summed E-state index contributed by atoms with van der Waals surface area (Å²) in [5.41, 5.74) is 6.11. The zero-order valence-corrected chi connectivity index (χ0v) is 14.4. The number of hydrogen-bond donors (Lipinski definition) is 1. The second kappa shape index (κ2) is 7.94. The molecular weight excluding hydrogens is 294 g/mol. The van der Waals surface area contributed by atoms with Crippen LogP contribution >= 0.6 is 11.3 Å². The van der Waals surface area contributed by atoms with Crippen molar-refractivity contribution in [2.75, 3.05) is 12.0 Å². The second-order valence-corrected chi connectivity index (χ2v) is 6.59. The van der Waals surface area contributed by atoms with Crippen LogP contribution in [0.15, 0.2) is 28.7 Å². The normalized spacial score (nSPS) is 11.3.